The largest absolute Gasteiger partial charge is 0.493 e. The molecule has 1 aliphatic rings. The molecule has 0 saturated heterocycles. The predicted octanol–water partition coefficient (Wildman–Crippen LogP) is 4.01. The summed E-state index contributed by atoms with van der Waals surface area (Å²) in [5, 5.41) is 1.32. The van der Waals surface area contributed by atoms with Gasteiger partial charge in [0, 0.05) is 42.3 Å². The van der Waals surface area contributed by atoms with Gasteiger partial charge in [-0.1, -0.05) is 18.2 Å². The van der Waals surface area contributed by atoms with Crippen molar-refractivity contribution in [3.8, 4) is 11.5 Å². The lowest BCUT2D eigenvalue weighted by atomic mass is 10.1. The van der Waals surface area contributed by atoms with Gasteiger partial charge < -0.3 is 24.3 Å². The van der Waals surface area contributed by atoms with Crippen LogP contribution >= 0.6 is 0 Å². The minimum Gasteiger partial charge on any atom is -0.493 e. The van der Waals surface area contributed by atoms with Crippen molar-refractivity contribution >= 4 is 16.8 Å². The number of likely N-dealkylation sites (N-methyl/N-ethyl adjacent to an activating group) is 1. The van der Waals surface area contributed by atoms with Crippen LogP contribution in [0.15, 0.2) is 36.5 Å². The number of para-hydroxylation sites is 1. The van der Waals surface area contributed by atoms with Gasteiger partial charge in [-0.15, -0.1) is 0 Å². The lowest BCUT2D eigenvalue weighted by molar-refractivity contribution is 0.0772. The van der Waals surface area contributed by atoms with E-state index >= 15 is 0 Å². The lowest BCUT2D eigenvalue weighted by Crippen LogP contribution is -2.29. The number of aromatic amines is 1. The summed E-state index contributed by atoms with van der Waals surface area (Å²) in [6, 6.07) is 10.2. The second-order valence-electron chi connectivity index (χ2n) is 8.31. The zero-order valence-electron chi connectivity index (χ0n) is 18.8. The van der Waals surface area contributed by atoms with Crippen molar-refractivity contribution in [2.75, 3.05) is 40.9 Å². The van der Waals surface area contributed by atoms with Crippen LogP contribution in [0.1, 0.15) is 33.5 Å². The summed E-state index contributed by atoms with van der Waals surface area (Å²) in [6.07, 6.45) is 4.08. The van der Waals surface area contributed by atoms with E-state index < -0.39 is 0 Å². The first kappa shape index (κ1) is 21.2. The van der Waals surface area contributed by atoms with Gasteiger partial charge in [-0.25, -0.2) is 0 Å². The molecule has 6 nitrogen and oxygen atoms in total. The smallest absolute Gasteiger partial charge is 0.254 e. The van der Waals surface area contributed by atoms with Crippen LogP contribution in [0.5, 0.6) is 11.5 Å². The highest BCUT2D eigenvalue weighted by molar-refractivity contribution is 5.99. The normalized spacial score (nSPS) is 13.3. The van der Waals surface area contributed by atoms with E-state index in [0.29, 0.717) is 18.0 Å². The van der Waals surface area contributed by atoms with Crippen LogP contribution in [0.3, 0.4) is 0 Å². The number of ether oxygens (including phenoxy) is 2. The minimum atomic E-state index is 0.0766. The molecule has 0 saturated carbocycles. The van der Waals surface area contributed by atoms with Crippen LogP contribution in [0, 0.1) is 6.92 Å². The molecule has 2 heterocycles. The number of nitrogens with one attached hydrogen (secondary N) is 1. The van der Waals surface area contributed by atoms with E-state index in [1.54, 1.807) is 20.3 Å². The van der Waals surface area contributed by atoms with Crippen LogP contribution in [0.2, 0.25) is 0 Å². The summed E-state index contributed by atoms with van der Waals surface area (Å²) in [7, 11) is 5.36. The Hall–Kier alpha value is -2.99. The van der Waals surface area contributed by atoms with Gasteiger partial charge >= 0.3 is 0 Å². The van der Waals surface area contributed by atoms with Gasteiger partial charge in [0.2, 0.25) is 0 Å². The van der Waals surface area contributed by atoms with E-state index in [2.05, 4.69) is 48.3 Å². The molecule has 2 aromatic carbocycles. The Bertz CT molecular complexity index is 1090. The molecular formula is C25H31N3O3. The number of H-pyrrole nitrogens is 1. The Morgan fingerprint density at radius 1 is 1.13 bits per heavy atom. The molecule has 4 rings (SSSR count). The molecule has 6 heteroatoms. The number of amides is 1. The van der Waals surface area contributed by atoms with E-state index in [4.69, 9.17) is 9.47 Å². The number of aromatic nitrogens is 1. The van der Waals surface area contributed by atoms with Crippen LogP contribution < -0.4 is 9.47 Å². The molecule has 1 amide bonds. The highest BCUT2D eigenvalue weighted by Gasteiger charge is 2.29. The van der Waals surface area contributed by atoms with Crippen molar-refractivity contribution < 1.29 is 14.3 Å². The van der Waals surface area contributed by atoms with Crippen LogP contribution in [-0.2, 0) is 13.0 Å². The summed E-state index contributed by atoms with van der Waals surface area (Å²) >= 11 is 0. The zero-order chi connectivity index (χ0) is 22.0. The Morgan fingerprint density at radius 2 is 1.90 bits per heavy atom. The van der Waals surface area contributed by atoms with Gasteiger partial charge in [0.15, 0.2) is 11.5 Å². The van der Waals surface area contributed by atoms with Crippen molar-refractivity contribution in [2.45, 2.75) is 26.3 Å². The Labute approximate surface area is 183 Å². The number of carbonyl (C=O) groups is 1. The molecule has 0 spiro atoms. The average Bonchev–Trinajstić information content (AvgIpc) is 3.33. The highest BCUT2D eigenvalue weighted by Crippen LogP contribution is 2.34. The fourth-order valence-electron chi connectivity index (χ4n) is 4.40. The molecule has 31 heavy (non-hydrogen) atoms. The van der Waals surface area contributed by atoms with Gasteiger partial charge in [-0.05, 0) is 62.2 Å². The van der Waals surface area contributed by atoms with Crippen LogP contribution in [0.25, 0.3) is 10.9 Å². The molecule has 0 aliphatic carbocycles. The highest BCUT2D eigenvalue weighted by atomic mass is 16.5. The maximum Gasteiger partial charge on any atom is 0.254 e. The van der Waals surface area contributed by atoms with Crippen molar-refractivity contribution in [1.82, 2.24) is 14.8 Å². The number of hydrogen-bond donors (Lipinski definition) is 1. The molecule has 1 aliphatic heterocycles. The Kier molecular flexibility index (Phi) is 6.18. The predicted molar refractivity (Wildman–Crippen MR) is 123 cm³/mol. The summed E-state index contributed by atoms with van der Waals surface area (Å²) in [5.41, 5.74) is 5.61. The summed E-state index contributed by atoms with van der Waals surface area (Å²) in [6.45, 7) is 5.46. The second kappa shape index (κ2) is 9.02. The molecule has 1 aromatic heterocycles. The lowest BCUT2D eigenvalue weighted by Gasteiger charge is -2.20. The number of benzene rings is 2. The van der Waals surface area contributed by atoms with Gasteiger partial charge in [0.1, 0.15) is 0 Å². The number of nitrogens with zero attached hydrogens (tertiary/aromatic N) is 2. The molecule has 3 aromatic rings. The van der Waals surface area contributed by atoms with Gasteiger partial charge in [-0.2, -0.15) is 0 Å². The van der Waals surface area contributed by atoms with E-state index in [-0.39, 0.29) is 5.91 Å². The molecule has 0 bridgehead atoms. The molecule has 0 radical (unpaired) electrons. The third kappa shape index (κ3) is 4.26. The Morgan fingerprint density at radius 3 is 2.68 bits per heavy atom. The molecule has 0 atom stereocenters. The van der Waals surface area contributed by atoms with Gasteiger partial charge in [-0.3, -0.25) is 4.79 Å². The molecule has 0 unspecified atom stereocenters. The topological polar surface area (TPSA) is 57.8 Å². The van der Waals surface area contributed by atoms with Gasteiger partial charge in [0.25, 0.3) is 5.91 Å². The van der Waals surface area contributed by atoms with Crippen LogP contribution in [-0.4, -0.2) is 61.6 Å². The summed E-state index contributed by atoms with van der Waals surface area (Å²) in [5.74, 6) is 1.35. The van der Waals surface area contributed by atoms with E-state index in [0.717, 1.165) is 43.6 Å². The van der Waals surface area contributed by atoms with Gasteiger partial charge in [0.05, 0.1) is 14.2 Å². The first-order chi connectivity index (χ1) is 15.0. The SMILES string of the molecule is COc1cc2c(cc1OC)C(=O)N(CCCN(C)CCc1c[nH]c3c(C)cccc13)C2. The fraction of sp³-hybridized carbons (Fsp3) is 0.400. The third-order valence-electron chi connectivity index (χ3n) is 6.23. The number of carbonyl (C=O) groups excluding carboxylic acids is 1. The van der Waals surface area contributed by atoms with Crippen molar-refractivity contribution in [1.29, 1.82) is 0 Å². The van der Waals surface area contributed by atoms with E-state index in [9.17, 15) is 4.79 Å². The summed E-state index contributed by atoms with van der Waals surface area (Å²) in [4.78, 5) is 20.5. The zero-order valence-corrected chi connectivity index (χ0v) is 18.8. The van der Waals surface area contributed by atoms with E-state index in [1.807, 2.05) is 11.0 Å². The maximum absolute atomic E-state index is 12.8. The second-order valence-corrected chi connectivity index (χ2v) is 8.31. The molecule has 1 N–H and O–H groups in total. The monoisotopic (exact) mass is 421 g/mol. The number of fused-ring (bicyclic) bond motifs is 2. The standard InChI is InChI=1S/C25H31N3O3/c1-17-7-5-8-20-18(15-26-24(17)20)9-12-27(2)10-6-11-28-16-19-13-22(30-3)23(31-4)14-21(19)25(28)29/h5,7-8,13-15,26H,6,9-12,16H2,1-4H3. The number of rotatable bonds is 9. The van der Waals surface area contributed by atoms with Crippen molar-refractivity contribution in [2.24, 2.45) is 0 Å². The Balaban J connectivity index is 1.28. The number of aryl methyl sites for hydroxylation is 1. The average molecular weight is 422 g/mol. The molecular weight excluding hydrogens is 390 g/mol. The molecule has 164 valence electrons. The first-order valence-corrected chi connectivity index (χ1v) is 10.8. The number of methoxy groups -OCH3 is 2. The number of hydrogen-bond acceptors (Lipinski definition) is 4. The van der Waals surface area contributed by atoms with Crippen LogP contribution in [0.4, 0.5) is 0 Å². The van der Waals surface area contributed by atoms with Crippen molar-refractivity contribution in [3.63, 3.8) is 0 Å². The summed E-state index contributed by atoms with van der Waals surface area (Å²) < 4.78 is 10.7. The maximum atomic E-state index is 12.8. The quantitative estimate of drug-likeness (QED) is 0.567. The van der Waals surface area contributed by atoms with E-state index in [1.165, 1.54) is 22.0 Å². The fourth-order valence-corrected chi connectivity index (χ4v) is 4.40. The molecule has 0 fully saturated rings. The third-order valence-corrected chi connectivity index (χ3v) is 6.23. The first-order valence-electron chi connectivity index (χ1n) is 10.8. The minimum absolute atomic E-state index is 0.0766. The van der Waals surface area contributed by atoms with Crippen molar-refractivity contribution in [3.05, 3.63) is 58.8 Å².